The molecule has 0 saturated heterocycles. The summed E-state index contributed by atoms with van der Waals surface area (Å²) in [7, 11) is 0. The molecule has 0 bridgehead atoms. The topological polar surface area (TPSA) is 29.1 Å². The van der Waals surface area contributed by atoms with Gasteiger partial charge in [-0.1, -0.05) is 78.9 Å². The molecule has 1 N–H and O–H groups in total. The summed E-state index contributed by atoms with van der Waals surface area (Å²) in [6.45, 7) is 11.9. The number of nitrogens with one attached hydrogen (secondary N) is 1. The van der Waals surface area contributed by atoms with Crippen LogP contribution in [0.25, 0.3) is 11.1 Å². The number of hydrogen-bond donors (Lipinski definition) is 1. The maximum Gasteiger partial charge on any atom is 0.224 e. The molecule has 0 spiro atoms. The molecule has 170 valence electrons. The number of benzene rings is 3. The Hall–Kier alpha value is -2.18. The second-order valence-electron chi connectivity index (χ2n) is 8.28. The summed E-state index contributed by atoms with van der Waals surface area (Å²) in [5.41, 5.74) is 5.88. The molecule has 0 heterocycles. The molecule has 0 saturated carbocycles. The molecule has 0 aliphatic rings. The van der Waals surface area contributed by atoms with E-state index in [0.717, 1.165) is 41.8 Å². The average molecular weight is 543 g/mol. The number of amides is 1. The first kappa shape index (κ1) is 26.1. The van der Waals surface area contributed by atoms with E-state index in [1.54, 1.807) is 0 Å². The maximum absolute atomic E-state index is 12.4. The van der Waals surface area contributed by atoms with Crippen molar-refractivity contribution < 1.29 is 33.3 Å². The fourth-order valence-corrected chi connectivity index (χ4v) is 4.05. The Morgan fingerprint density at radius 2 is 1.19 bits per heavy atom. The molecule has 3 aromatic carbocycles. The lowest BCUT2D eigenvalue weighted by atomic mass is 10.0. The molecule has 0 aromatic heterocycles. The fraction of sp³-hybridized carbons (Fsp3) is 0.321. The third kappa shape index (κ3) is 7.17. The van der Waals surface area contributed by atoms with Crippen LogP contribution in [0.1, 0.15) is 37.5 Å². The van der Waals surface area contributed by atoms with Gasteiger partial charge in [0, 0.05) is 12.1 Å². The van der Waals surface area contributed by atoms with Crippen LogP contribution >= 0.6 is 0 Å². The number of nitrogens with zero attached hydrogens (tertiary/aromatic N) is 1. The quantitative estimate of drug-likeness (QED) is 0.310. The lowest BCUT2D eigenvalue weighted by Crippen LogP contribution is -3.00. The highest BCUT2D eigenvalue weighted by molar-refractivity contribution is 5.78. The highest BCUT2D eigenvalue weighted by Gasteiger charge is 2.20. The highest BCUT2D eigenvalue weighted by Crippen LogP contribution is 2.19. The van der Waals surface area contributed by atoms with Crippen molar-refractivity contribution in [2.45, 2.75) is 40.3 Å². The third-order valence-corrected chi connectivity index (χ3v) is 6.47. The minimum atomic E-state index is 0. The minimum absolute atomic E-state index is 0. The van der Waals surface area contributed by atoms with Gasteiger partial charge in [0.2, 0.25) is 5.91 Å². The largest absolute Gasteiger partial charge is 1.00 e. The van der Waals surface area contributed by atoms with Gasteiger partial charge in [0.25, 0.3) is 0 Å². The Kier molecular flexibility index (Phi) is 10.4. The van der Waals surface area contributed by atoms with Crippen molar-refractivity contribution in [2.75, 3.05) is 19.6 Å². The second kappa shape index (κ2) is 12.8. The second-order valence-corrected chi connectivity index (χ2v) is 8.28. The van der Waals surface area contributed by atoms with Gasteiger partial charge in [-0.15, -0.1) is 0 Å². The molecule has 0 unspecified atom stereocenters. The Morgan fingerprint density at radius 3 is 1.75 bits per heavy atom. The van der Waals surface area contributed by atoms with E-state index in [2.05, 4.69) is 74.6 Å². The Labute approximate surface area is 210 Å². The van der Waals surface area contributed by atoms with Crippen molar-refractivity contribution in [2.24, 2.45) is 0 Å². The molecule has 0 aliphatic heterocycles. The van der Waals surface area contributed by atoms with Crippen LogP contribution in [0, 0.1) is 0 Å². The predicted octanol–water partition coefficient (Wildman–Crippen LogP) is 2.59. The van der Waals surface area contributed by atoms with Crippen LogP contribution in [0.5, 0.6) is 0 Å². The molecule has 0 radical (unpaired) electrons. The van der Waals surface area contributed by atoms with Crippen molar-refractivity contribution in [3.05, 3.63) is 95.6 Å². The van der Waals surface area contributed by atoms with Gasteiger partial charge < -0.3 is 33.8 Å². The molecule has 32 heavy (non-hydrogen) atoms. The van der Waals surface area contributed by atoms with Gasteiger partial charge in [0.05, 0.1) is 26.1 Å². The molecular formula is C28H35IN2O. The Balaban J connectivity index is 0.00000363. The Bertz CT molecular complexity index is 941. The summed E-state index contributed by atoms with van der Waals surface area (Å²) < 4.78 is 1.11. The SMILES string of the molecule is CC[N+](CC)(CC)Cc1ccc(CNC(=O)Cc2ccc(-c3ccccc3)cc2)cc1.[I-]. The Morgan fingerprint density at radius 1 is 0.688 bits per heavy atom. The van der Waals surface area contributed by atoms with Gasteiger partial charge in [0.1, 0.15) is 6.54 Å². The van der Waals surface area contributed by atoms with Gasteiger partial charge >= 0.3 is 0 Å². The van der Waals surface area contributed by atoms with E-state index >= 15 is 0 Å². The van der Waals surface area contributed by atoms with Gasteiger partial charge in [-0.05, 0) is 43.0 Å². The molecule has 3 rings (SSSR count). The highest BCUT2D eigenvalue weighted by atomic mass is 127. The molecule has 4 heteroatoms. The number of halogens is 1. The van der Waals surface area contributed by atoms with E-state index in [9.17, 15) is 4.79 Å². The van der Waals surface area contributed by atoms with Crippen LogP contribution in [0.4, 0.5) is 0 Å². The maximum atomic E-state index is 12.4. The van der Waals surface area contributed by atoms with Crippen LogP contribution in [0.15, 0.2) is 78.9 Å². The van der Waals surface area contributed by atoms with Crippen molar-refractivity contribution in [3.8, 4) is 11.1 Å². The summed E-state index contributed by atoms with van der Waals surface area (Å²) >= 11 is 0. The zero-order valence-corrected chi connectivity index (χ0v) is 21.6. The summed E-state index contributed by atoms with van der Waals surface area (Å²) in [4.78, 5) is 12.4. The number of rotatable bonds is 10. The monoisotopic (exact) mass is 542 g/mol. The van der Waals surface area contributed by atoms with E-state index in [1.165, 1.54) is 16.7 Å². The first-order valence-electron chi connectivity index (χ1n) is 11.4. The van der Waals surface area contributed by atoms with Crippen molar-refractivity contribution >= 4 is 5.91 Å². The average Bonchev–Trinajstić information content (AvgIpc) is 2.83. The minimum Gasteiger partial charge on any atom is -1.00 e. The molecule has 0 aliphatic carbocycles. The number of carbonyl (C=O) groups excluding carboxylic acids is 1. The molecule has 3 aromatic rings. The predicted molar refractivity (Wildman–Crippen MR) is 129 cm³/mol. The van der Waals surface area contributed by atoms with E-state index < -0.39 is 0 Å². The molecule has 0 atom stereocenters. The smallest absolute Gasteiger partial charge is 0.224 e. The molecule has 0 fully saturated rings. The zero-order chi connectivity index (χ0) is 22.1. The van der Waals surface area contributed by atoms with Crippen LogP contribution in [0.3, 0.4) is 0 Å². The van der Waals surface area contributed by atoms with Gasteiger partial charge in [0.15, 0.2) is 0 Å². The van der Waals surface area contributed by atoms with E-state index in [4.69, 9.17) is 0 Å². The van der Waals surface area contributed by atoms with E-state index in [-0.39, 0.29) is 29.9 Å². The van der Waals surface area contributed by atoms with Crippen molar-refractivity contribution in [1.29, 1.82) is 0 Å². The van der Waals surface area contributed by atoms with Crippen molar-refractivity contribution in [3.63, 3.8) is 0 Å². The number of quaternary nitrogens is 1. The van der Waals surface area contributed by atoms with Gasteiger partial charge in [-0.25, -0.2) is 0 Å². The molecule has 3 nitrogen and oxygen atoms in total. The lowest BCUT2D eigenvalue weighted by molar-refractivity contribution is -0.936. The normalized spacial score (nSPS) is 11.0. The molecule has 1 amide bonds. The summed E-state index contributed by atoms with van der Waals surface area (Å²) in [5.74, 6) is 0.0511. The fourth-order valence-electron chi connectivity index (χ4n) is 4.05. The van der Waals surface area contributed by atoms with E-state index in [0.29, 0.717) is 13.0 Å². The first-order chi connectivity index (χ1) is 15.1. The first-order valence-corrected chi connectivity index (χ1v) is 11.4. The molecular weight excluding hydrogens is 507 g/mol. The van der Waals surface area contributed by atoms with E-state index in [1.807, 2.05) is 30.3 Å². The summed E-state index contributed by atoms with van der Waals surface area (Å²) in [6, 6.07) is 27.2. The van der Waals surface area contributed by atoms with Gasteiger partial charge in [-0.3, -0.25) is 4.79 Å². The van der Waals surface area contributed by atoms with Crippen molar-refractivity contribution in [1.82, 2.24) is 5.32 Å². The third-order valence-electron chi connectivity index (χ3n) is 6.47. The summed E-state index contributed by atoms with van der Waals surface area (Å²) in [6.07, 6.45) is 0.399. The van der Waals surface area contributed by atoms with Crippen LogP contribution in [-0.2, 0) is 24.3 Å². The standard InChI is InChI=1S/C28H34N2O.HI/c1-4-30(5-2,6-3)22-25-14-12-24(13-15-25)21-29-28(31)20-23-16-18-27(19-17-23)26-10-8-7-9-11-26;/h7-19H,4-6,20-22H2,1-3H3;1H. The number of carbonyl (C=O) groups is 1. The van der Waals surface area contributed by atoms with Crippen LogP contribution < -0.4 is 29.3 Å². The number of hydrogen-bond acceptors (Lipinski definition) is 1. The van der Waals surface area contributed by atoms with Crippen LogP contribution in [0.2, 0.25) is 0 Å². The lowest BCUT2D eigenvalue weighted by Gasteiger charge is -2.35. The zero-order valence-electron chi connectivity index (χ0n) is 19.5. The van der Waals surface area contributed by atoms with Gasteiger partial charge in [-0.2, -0.15) is 0 Å². The van der Waals surface area contributed by atoms with Crippen LogP contribution in [-0.4, -0.2) is 30.0 Å². The summed E-state index contributed by atoms with van der Waals surface area (Å²) in [5, 5.41) is 3.05.